The fourth-order valence-electron chi connectivity index (χ4n) is 1.95. The van der Waals surface area contributed by atoms with Crippen LogP contribution in [-0.4, -0.2) is 26.4 Å². The van der Waals surface area contributed by atoms with Crippen LogP contribution in [0, 0.1) is 12.7 Å². The van der Waals surface area contributed by atoms with Crippen molar-refractivity contribution >= 4 is 11.9 Å². The molecule has 3 aromatic rings. The third-order valence-corrected chi connectivity index (χ3v) is 3.01. The van der Waals surface area contributed by atoms with E-state index in [1.165, 1.54) is 12.1 Å². The Morgan fingerprint density at radius 3 is 2.62 bits per heavy atom. The second kappa shape index (κ2) is 5.62. The summed E-state index contributed by atoms with van der Waals surface area (Å²) < 4.78 is 14.4. The Morgan fingerprint density at radius 2 is 1.95 bits per heavy atom. The van der Waals surface area contributed by atoms with Gasteiger partial charge in [-0.25, -0.2) is 9.07 Å². The first-order chi connectivity index (χ1) is 10.2. The van der Waals surface area contributed by atoms with Gasteiger partial charge < -0.3 is 0 Å². The Balaban J connectivity index is 1.84. The summed E-state index contributed by atoms with van der Waals surface area (Å²) in [5.74, 6) is -0.256. The summed E-state index contributed by atoms with van der Waals surface area (Å²) in [7, 11) is 0. The van der Waals surface area contributed by atoms with Gasteiger partial charge in [-0.3, -0.25) is 4.99 Å². The smallest absolute Gasteiger partial charge is 0.143 e. The molecular formula is C15H12FN5. The number of rotatable bonds is 3. The molecule has 0 aliphatic heterocycles. The van der Waals surface area contributed by atoms with Gasteiger partial charge in [0, 0.05) is 6.21 Å². The van der Waals surface area contributed by atoms with Crippen molar-refractivity contribution in [1.82, 2.24) is 20.2 Å². The number of benzene rings is 2. The van der Waals surface area contributed by atoms with Crippen molar-refractivity contribution in [3.8, 4) is 5.69 Å². The zero-order valence-electron chi connectivity index (χ0n) is 11.3. The molecule has 0 N–H and O–H groups in total. The van der Waals surface area contributed by atoms with Gasteiger partial charge in [0.2, 0.25) is 0 Å². The van der Waals surface area contributed by atoms with Gasteiger partial charge in [-0.15, -0.1) is 5.10 Å². The van der Waals surface area contributed by atoms with Crippen LogP contribution in [0.3, 0.4) is 0 Å². The van der Waals surface area contributed by atoms with E-state index >= 15 is 0 Å². The molecule has 0 spiro atoms. The average Bonchev–Trinajstić information content (AvgIpc) is 3.01. The molecule has 0 aliphatic rings. The van der Waals surface area contributed by atoms with E-state index in [4.69, 9.17) is 0 Å². The monoisotopic (exact) mass is 281 g/mol. The standard InChI is InChI=1S/C15H12FN5/c1-11-8-14(6-7-15(11)21-10-18-19-20-21)17-9-12-2-4-13(16)5-3-12/h2-10H,1H3. The molecule has 5 nitrogen and oxygen atoms in total. The lowest BCUT2D eigenvalue weighted by molar-refractivity contribution is 0.628. The van der Waals surface area contributed by atoms with Crippen molar-refractivity contribution < 1.29 is 4.39 Å². The summed E-state index contributed by atoms with van der Waals surface area (Å²) in [5.41, 5.74) is 3.57. The molecule has 1 aromatic heterocycles. The summed E-state index contributed by atoms with van der Waals surface area (Å²) >= 11 is 0. The van der Waals surface area contributed by atoms with E-state index in [2.05, 4.69) is 20.5 Å². The lowest BCUT2D eigenvalue weighted by atomic mass is 10.2. The maximum absolute atomic E-state index is 12.8. The maximum Gasteiger partial charge on any atom is 0.143 e. The van der Waals surface area contributed by atoms with E-state index in [9.17, 15) is 4.39 Å². The summed E-state index contributed by atoms with van der Waals surface area (Å²) in [6.45, 7) is 1.97. The van der Waals surface area contributed by atoms with Crippen molar-refractivity contribution in [3.05, 3.63) is 65.7 Å². The van der Waals surface area contributed by atoms with Crippen molar-refractivity contribution in [3.63, 3.8) is 0 Å². The molecule has 2 aromatic carbocycles. The molecule has 21 heavy (non-hydrogen) atoms. The van der Waals surface area contributed by atoms with Gasteiger partial charge in [-0.05, 0) is 58.8 Å². The Hall–Kier alpha value is -2.89. The van der Waals surface area contributed by atoms with Crippen LogP contribution in [0.4, 0.5) is 10.1 Å². The van der Waals surface area contributed by atoms with Gasteiger partial charge in [-0.1, -0.05) is 12.1 Å². The van der Waals surface area contributed by atoms with E-state index < -0.39 is 0 Å². The fraction of sp³-hybridized carbons (Fsp3) is 0.0667. The Kier molecular flexibility index (Phi) is 3.51. The van der Waals surface area contributed by atoms with Crippen LogP contribution in [0.1, 0.15) is 11.1 Å². The summed E-state index contributed by atoms with van der Waals surface area (Å²) in [6, 6.07) is 11.9. The van der Waals surface area contributed by atoms with Crippen molar-refractivity contribution in [2.75, 3.05) is 0 Å². The molecule has 6 heteroatoms. The van der Waals surface area contributed by atoms with Crippen LogP contribution >= 0.6 is 0 Å². The second-order valence-corrected chi connectivity index (χ2v) is 4.53. The minimum Gasteiger partial charge on any atom is -0.256 e. The van der Waals surface area contributed by atoms with Crippen molar-refractivity contribution in [2.45, 2.75) is 6.92 Å². The zero-order valence-corrected chi connectivity index (χ0v) is 11.3. The molecule has 0 saturated heterocycles. The maximum atomic E-state index is 12.8. The van der Waals surface area contributed by atoms with Gasteiger partial charge in [0.1, 0.15) is 12.1 Å². The van der Waals surface area contributed by atoms with E-state index in [0.29, 0.717) is 0 Å². The number of halogens is 1. The van der Waals surface area contributed by atoms with Gasteiger partial charge in [-0.2, -0.15) is 0 Å². The Labute approximate surface area is 120 Å². The molecule has 104 valence electrons. The van der Waals surface area contributed by atoms with Crippen molar-refractivity contribution in [1.29, 1.82) is 0 Å². The SMILES string of the molecule is Cc1cc(N=Cc2ccc(F)cc2)ccc1-n1cnnn1. The zero-order chi connectivity index (χ0) is 14.7. The van der Waals surface area contributed by atoms with E-state index in [1.54, 1.807) is 29.4 Å². The molecule has 0 saturated carbocycles. The third kappa shape index (κ3) is 3.00. The first-order valence-corrected chi connectivity index (χ1v) is 6.36. The normalized spacial score (nSPS) is 11.1. The largest absolute Gasteiger partial charge is 0.256 e. The van der Waals surface area contributed by atoms with Crippen LogP contribution < -0.4 is 0 Å². The van der Waals surface area contributed by atoms with E-state index in [-0.39, 0.29) is 5.82 Å². The fourth-order valence-corrected chi connectivity index (χ4v) is 1.95. The minimum atomic E-state index is -0.256. The molecule has 0 fully saturated rings. The van der Waals surface area contributed by atoms with Crippen LogP contribution in [-0.2, 0) is 0 Å². The molecule has 0 amide bonds. The molecule has 0 radical (unpaired) electrons. The molecule has 0 unspecified atom stereocenters. The minimum absolute atomic E-state index is 0.256. The summed E-state index contributed by atoms with van der Waals surface area (Å²) in [4.78, 5) is 4.38. The number of hydrogen-bond donors (Lipinski definition) is 0. The molecule has 1 heterocycles. The molecular weight excluding hydrogens is 269 g/mol. The molecule has 0 atom stereocenters. The predicted molar refractivity (Wildman–Crippen MR) is 77.5 cm³/mol. The number of nitrogens with zero attached hydrogens (tertiary/aromatic N) is 5. The molecule has 3 rings (SSSR count). The Bertz CT molecular complexity index is 763. The van der Waals surface area contributed by atoms with Crippen molar-refractivity contribution in [2.24, 2.45) is 4.99 Å². The highest BCUT2D eigenvalue weighted by Gasteiger charge is 2.03. The first-order valence-electron chi connectivity index (χ1n) is 6.36. The lowest BCUT2D eigenvalue weighted by Crippen LogP contribution is -1.97. The highest BCUT2D eigenvalue weighted by atomic mass is 19.1. The average molecular weight is 281 g/mol. The topological polar surface area (TPSA) is 56.0 Å². The van der Waals surface area contributed by atoms with Gasteiger partial charge >= 0.3 is 0 Å². The summed E-state index contributed by atoms with van der Waals surface area (Å²) in [5, 5.41) is 11.1. The highest BCUT2D eigenvalue weighted by Crippen LogP contribution is 2.20. The third-order valence-electron chi connectivity index (χ3n) is 3.01. The van der Waals surface area contributed by atoms with E-state index in [1.807, 2.05) is 25.1 Å². The quantitative estimate of drug-likeness (QED) is 0.694. The number of aryl methyl sites for hydroxylation is 1. The van der Waals surface area contributed by atoms with Crippen LogP contribution in [0.15, 0.2) is 53.8 Å². The van der Waals surface area contributed by atoms with Gasteiger partial charge in [0.15, 0.2) is 0 Å². The molecule has 0 aliphatic carbocycles. The molecule has 0 bridgehead atoms. The Morgan fingerprint density at radius 1 is 1.14 bits per heavy atom. The van der Waals surface area contributed by atoms with Crippen LogP contribution in [0.5, 0.6) is 0 Å². The van der Waals surface area contributed by atoms with Gasteiger partial charge in [0.25, 0.3) is 0 Å². The number of tetrazole rings is 1. The lowest BCUT2D eigenvalue weighted by Gasteiger charge is -2.04. The summed E-state index contributed by atoms with van der Waals surface area (Å²) in [6.07, 6.45) is 3.24. The van der Waals surface area contributed by atoms with Crippen LogP contribution in [0.2, 0.25) is 0 Å². The van der Waals surface area contributed by atoms with Gasteiger partial charge in [0.05, 0.1) is 11.4 Å². The number of hydrogen-bond acceptors (Lipinski definition) is 4. The number of aromatic nitrogens is 4. The number of aliphatic imine (C=N–C) groups is 1. The second-order valence-electron chi connectivity index (χ2n) is 4.53. The van der Waals surface area contributed by atoms with E-state index in [0.717, 1.165) is 22.5 Å². The van der Waals surface area contributed by atoms with Crippen LogP contribution in [0.25, 0.3) is 5.69 Å². The highest BCUT2D eigenvalue weighted by molar-refractivity contribution is 5.81. The predicted octanol–water partition coefficient (Wildman–Crippen LogP) is 2.86. The first kappa shape index (κ1) is 13.1.